The summed E-state index contributed by atoms with van der Waals surface area (Å²) in [7, 11) is 0. The van der Waals surface area contributed by atoms with E-state index in [9.17, 15) is 4.79 Å². The third kappa shape index (κ3) is 5.94. The smallest absolute Gasteiger partial charge is 0.271 e. The molecular weight excluding hydrogens is 395 g/mol. The molecule has 3 aromatic carbocycles. The average Bonchev–Trinajstić information content (AvgIpc) is 2.71. The van der Waals surface area contributed by atoms with Gasteiger partial charge in [-0.1, -0.05) is 47.5 Å². The van der Waals surface area contributed by atoms with Gasteiger partial charge >= 0.3 is 0 Å². The number of nitrogens with zero attached hydrogens (tertiary/aromatic N) is 2. The second-order valence-electron chi connectivity index (χ2n) is 5.75. The van der Waals surface area contributed by atoms with E-state index in [1.807, 2.05) is 24.3 Å². The van der Waals surface area contributed by atoms with E-state index in [4.69, 9.17) is 23.2 Å². The number of nitrogens with one attached hydrogen (secondary N) is 2. The Morgan fingerprint density at radius 1 is 0.714 bits per heavy atom. The molecule has 0 aliphatic carbocycles. The van der Waals surface area contributed by atoms with Gasteiger partial charge in [0.25, 0.3) is 5.91 Å². The largest absolute Gasteiger partial charge is 0.279 e. The zero-order valence-corrected chi connectivity index (χ0v) is 16.2. The molecule has 0 bridgehead atoms. The number of rotatable bonds is 6. The molecule has 2 N–H and O–H groups in total. The number of anilines is 1. The second-order valence-corrected chi connectivity index (χ2v) is 6.62. The summed E-state index contributed by atoms with van der Waals surface area (Å²) >= 11 is 11.7. The summed E-state index contributed by atoms with van der Waals surface area (Å²) in [4.78, 5) is 12.1. The molecule has 7 heteroatoms. The lowest BCUT2D eigenvalue weighted by atomic mass is 10.2. The Balaban J connectivity index is 1.52. The lowest BCUT2D eigenvalue weighted by Crippen LogP contribution is -2.17. The number of carbonyl (C=O) groups is 1. The molecule has 3 rings (SSSR count). The number of carbonyl (C=O) groups excluding carboxylic acids is 1. The SMILES string of the molecule is O=C(NN=Cc1ccc(Cl)cc1)c1ccc(NN=Cc2ccc(Cl)cc2)cc1. The third-order valence-electron chi connectivity index (χ3n) is 3.67. The van der Waals surface area contributed by atoms with Gasteiger partial charge in [0.15, 0.2) is 0 Å². The van der Waals surface area contributed by atoms with Gasteiger partial charge in [-0.25, -0.2) is 5.43 Å². The van der Waals surface area contributed by atoms with Gasteiger partial charge in [0, 0.05) is 15.6 Å². The van der Waals surface area contributed by atoms with E-state index >= 15 is 0 Å². The minimum Gasteiger partial charge on any atom is -0.279 e. The van der Waals surface area contributed by atoms with E-state index in [1.54, 1.807) is 61.0 Å². The lowest BCUT2D eigenvalue weighted by molar-refractivity contribution is 0.0955. The standard InChI is InChI=1S/C21H16Cl2N4O/c22-18-7-1-15(2-8-18)13-24-26-20-11-5-17(6-12-20)21(28)27-25-14-16-3-9-19(23)10-4-16/h1-14,26H,(H,27,28). The molecule has 0 aliphatic heterocycles. The zero-order valence-electron chi connectivity index (χ0n) is 14.6. The van der Waals surface area contributed by atoms with Crippen LogP contribution in [0.3, 0.4) is 0 Å². The second kappa shape index (κ2) is 9.69. The predicted octanol–water partition coefficient (Wildman–Crippen LogP) is 5.20. The van der Waals surface area contributed by atoms with Crippen LogP contribution in [-0.2, 0) is 0 Å². The maximum atomic E-state index is 12.1. The van der Waals surface area contributed by atoms with Crippen LogP contribution < -0.4 is 10.9 Å². The molecule has 5 nitrogen and oxygen atoms in total. The highest BCUT2D eigenvalue weighted by Crippen LogP contribution is 2.11. The summed E-state index contributed by atoms with van der Waals surface area (Å²) < 4.78 is 0. The van der Waals surface area contributed by atoms with Crippen molar-refractivity contribution in [2.24, 2.45) is 10.2 Å². The van der Waals surface area contributed by atoms with Crippen LogP contribution >= 0.6 is 23.2 Å². The van der Waals surface area contributed by atoms with E-state index in [0.717, 1.165) is 16.8 Å². The van der Waals surface area contributed by atoms with Crippen LogP contribution in [0.25, 0.3) is 0 Å². The average molecular weight is 411 g/mol. The van der Waals surface area contributed by atoms with Crippen molar-refractivity contribution < 1.29 is 4.79 Å². The maximum absolute atomic E-state index is 12.1. The van der Waals surface area contributed by atoms with Gasteiger partial charge in [-0.05, 0) is 59.7 Å². The number of hydrogen-bond donors (Lipinski definition) is 2. The molecule has 3 aromatic rings. The fourth-order valence-corrected chi connectivity index (χ4v) is 2.46. The highest BCUT2D eigenvalue weighted by atomic mass is 35.5. The van der Waals surface area contributed by atoms with Crippen LogP contribution in [0.5, 0.6) is 0 Å². The van der Waals surface area contributed by atoms with Crippen LogP contribution in [0.4, 0.5) is 5.69 Å². The van der Waals surface area contributed by atoms with Gasteiger partial charge in [-0.15, -0.1) is 0 Å². The summed E-state index contributed by atoms with van der Waals surface area (Å²) in [6.07, 6.45) is 3.23. The van der Waals surface area contributed by atoms with Crippen LogP contribution in [0.15, 0.2) is 83.0 Å². The fraction of sp³-hybridized carbons (Fsp3) is 0. The molecule has 0 fully saturated rings. The van der Waals surface area contributed by atoms with Crippen molar-refractivity contribution in [2.75, 3.05) is 5.43 Å². The fourth-order valence-electron chi connectivity index (χ4n) is 2.21. The molecular formula is C21H16Cl2N4O. The first-order valence-corrected chi connectivity index (χ1v) is 9.09. The van der Waals surface area contributed by atoms with E-state index < -0.39 is 0 Å². The Morgan fingerprint density at radius 2 is 1.21 bits per heavy atom. The van der Waals surface area contributed by atoms with E-state index in [2.05, 4.69) is 21.1 Å². The Labute approximate surface area is 172 Å². The van der Waals surface area contributed by atoms with Crippen molar-refractivity contribution in [1.82, 2.24) is 5.43 Å². The number of benzene rings is 3. The molecule has 140 valence electrons. The molecule has 0 spiro atoms. The van der Waals surface area contributed by atoms with Crippen molar-refractivity contribution >= 4 is 47.2 Å². The molecule has 0 aliphatic rings. The molecule has 0 heterocycles. The molecule has 0 aromatic heterocycles. The molecule has 0 saturated heterocycles. The van der Waals surface area contributed by atoms with Crippen molar-refractivity contribution in [3.05, 3.63) is 99.5 Å². The summed E-state index contributed by atoms with van der Waals surface area (Å²) in [5.74, 6) is -0.304. The first-order valence-electron chi connectivity index (χ1n) is 8.34. The van der Waals surface area contributed by atoms with Crippen LogP contribution in [0.1, 0.15) is 21.5 Å². The molecule has 0 unspecified atom stereocenters. The zero-order chi connectivity index (χ0) is 19.8. The topological polar surface area (TPSA) is 65.8 Å². The summed E-state index contributed by atoms with van der Waals surface area (Å²) in [6, 6.07) is 21.4. The Morgan fingerprint density at radius 3 is 1.75 bits per heavy atom. The molecule has 0 saturated carbocycles. The van der Waals surface area contributed by atoms with Crippen molar-refractivity contribution in [2.45, 2.75) is 0 Å². The van der Waals surface area contributed by atoms with Gasteiger partial charge in [0.05, 0.1) is 18.1 Å². The predicted molar refractivity (Wildman–Crippen MR) is 116 cm³/mol. The van der Waals surface area contributed by atoms with Crippen molar-refractivity contribution in [3.63, 3.8) is 0 Å². The van der Waals surface area contributed by atoms with Crippen LogP contribution in [0.2, 0.25) is 10.0 Å². The minimum absolute atomic E-state index is 0.304. The van der Waals surface area contributed by atoms with E-state index in [0.29, 0.717) is 15.6 Å². The normalized spacial score (nSPS) is 11.1. The molecule has 0 atom stereocenters. The van der Waals surface area contributed by atoms with Gasteiger partial charge in [-0.2, -0.15) is 10.2 Å². The van der Waals surface area contributed by atoms with E-state index in [1.165, 1.54) is 0 Å². The lowest BCUT2D eigenvalue weighted by Gasteiger charge is -2.03. The van der Waals surface area contributed by atoms with Gasteiger partial charge in [0.1, 0.15) is 0 Å². The van der Waals surface area contributed by atoms with Crippen molar-refractivity contribution in [1.29, 1.82) is 0 Å². The number of halogens is 2. The Bertz CT molecular complexity index is 982. The highest BCUT2D eigenvalue weighted by Gasteiger charge is 2.03. The van der Waals surface area contributed by atoms with E-state index in [-0.39, 0.29) is 5.91 Å². The van der Waals surface area contributed by atoms with Crippen LogP contribution in [-0.4, -0.2) is 18.3 Å². The molecule has 1 amide bonds. The first kappa shape index (κ1) is 19.6. The molecule has 28 heavy (non-hydrogen) atoms. The summed E-state index contributed by atoms with van der Waals surface area (Å²) in [5, 5.41) is 9.42. The quantitative estimate of drug-likeness (QED) is 0.432. The highest BCUT2D eigenvalue weighted by molar-refractivity contribution is 6.30. The number of hydrazone groups is 2. The van der Waals surface area contributed by atoms with Gasteiger partial charge in [-0.3, -0.25) is 10.2 Å². The third-order valence-corrected chi connectivity index (χ3v) is 4.18. The Hall–Kier alpha value is -3.15. The Kier molecular flexibility index (Phi) is 6.78. The monoisotopic (exact) mass is 410 g/mol. The number of hydrogen-bond acceptors (Lipinski definition) is 4. The van der Waals surface area contributed by atoms with Crippen LogP contribution in [0, 0.1) is 0 Å². The van der Waals surface area contributed by atoms with Gasteiger partial charge in [0.2, 0.25) is 0 Å². The van der Waals surface area contributed by atoms with Gasteiger partial charge < -0.3 is 0 Å². The molecule has 0 radical (unpaired) electrons. The summed E-state index contributed by atoms with van der Waals surface area (Å²) in [5.41, 5.74) is 8.40. The summed E-state index contributed by atoms with van der Waals surface area (Å²) in [6.45, 7) is 0. The minimum atomic E-state index is -0.304. The maximum Gasteiger partial charge on any atom is 0.271 e. The first-order chi connectivity index (χ1) is 13.6. The number of amides is 1. The van der Waals surface area contributed by atoms with Crippen molar-refractivity contribution in [3.8, 4) is 0 Å².